The lowest BCUT2D eigenvalue weighted by molar-refractivity contribution is -0.140. The minimum Gasteiger partial charge on any atom is -0.497 e. The fourth-order valence-electron chi connectivity index (χ4n) is 5.38. The first-order valence-electron chi connectivity index (χ1n) is 15.8. The number of nitrogens with zero attached hydrogens (tertiary/aromatic N) is 2. The predicted molar refractivity (Wildman–Crippen MR) is 193 cm³/mol. The number of carbonyl (C=O) groups is 2. The minimum atomic E-state index is -4.51. The summed E-state index contributed by atoms with van der Waals surface area (Å²) in [5.41, 5.74) is 1.50. The van der Waals surface area contributed by atoms with Crippen LogP contribution in [0.1, 0.15) is 25.0 Å². The number of sulfonamides is 1. The van der Waals surface area contributed by atoms with Crippen LogP contribution in [0, 0.1) is 0 Å². The molecule has 0 radical (unpaired) electrons. The number of methoxy groups -OCH3 is 4. The summed E-state index contributed by atoms with van der Waals surface area (Å²) in [6.07, 6.45) is 0.163. The maximum absolute atomic E-state index is 14.8. The van der Waals surface area contributed by atoms with Gasteiger partial charge in [-0.05, 0) is 61.4 Å². The number of anilines is 1. The highest BCUT2D eigenvalue weighted by molar-refractivity contribution is 7.92. The topological polar surface area (TPSA) is 124 Å². The maximum Gasteiger partial charge on any atom is 0.265 e. The van der Waals surface area contributed by atoms with Crippen molar-refractivity contribution >= 4 is 39.1 Å². The fraction of sp³-hybridized carbons (Fsp3) is 0.297. The second-order valence-electron chi connectivity index (χ2n) is 11.6. The van der Waals surface area contributed by atoms with Gasteiger partial charge in [0, 0.05) is 36.2 Å². The van der Waals surface area contributed by atoms with Crippen molar-refractivity contribution in [2.24, 2.45) is 0 Å². The molecule has 1 N–H and O–H groups in total. The predicted octanol–water partition coefficient (Wildman–Crippen LogP) is 5.73. The Labute approximate surface area is 298 Å². The zero-order valence-corrected chi connectivity index (χ0v) is 30.5. The number of nitrogens with one attached hydrogen (secondary N) is 1. The van der Waals surface area contributed by atoms with Gasteiger partial charge < -0.3 is 29.2 Å². The van der Waals surface area contributed by atoms with Crippen molar-refractivity contribution in [3.63, 3.8) is 0 Å². The Hall–Kier alpha value is -4.94. The number of benzene rings is 4. The first-order chi connectivity index (χ1) is 23.9. The van der Waals surface area contributed by atoms with Gasteiger partial charge in [0.05, 0.1) is 39.0 Å². The van der Waals surface area contributed by atoms with Crippen LogP contribution in [0.2, 0.25) is 5.02 Å². The number of halogens is 1. The summed E-state index contributed by atoms with van der Waals surface area (Å²) in [5, 5.41) is 3.38. The summed E-state index contributed by atoms with van der Waals surface area (Å²) in [4.78, 5) is 29.9. The van der Waals surface area contributed by atoms with Crippen molar-refractivity contribution in [2.75, 3.05) is 39.3 Å². The van der Waals surface area contributed by atoms with Gasteiger partial charge >= 0.3 is 0 Å². The number of rotatable bonds is 16. The van der Waals surface area contributed by atoms with E-state index in [0.29, 0.717) is 22.1 Å². The Morgan fingerprint density at radius 3 is 2.04 bits per heavy atom. The first-order valence-corrected chi connectivity index (χ1v) is 17.6. The molecule has 13 heteroatoms. The molecule has 0 aliphatic rings. The zero-order chi connectivity index (χ0) is 36.4. The highest BCUT2D eigenvalue weighted by Gasteiger charge is 2.36. The molecule has 0 unspecified atom stereocenters. The molecular formula is C37H42ClN3O8S. The fourth-order valence-corrected chi connectivity index (χ4v) is 7.02. The van der Waals surface area contributed by atoms with Gasteiger partial charge in [0.2, 0.25) is 11.8 Å². The SMILES string of the molecule is COc1ccc(OC)c(N(CC(=O)N(Cc2cccc(Cl)c2)[C@H](Cc2ccccc2)C(=O)NC(C)C)S(=O)(=O)c2ccc(OC)c(OC)c2)c1. The third kappa shape index (κ3) is 9.19. The van der Waals surface area contributed by atoms with Crippen LogP contribution in [0.3, 0.4) is 0 Å². The lowest BCUT2D eigenvalue weighted by Crippen LogP contribution is -2.54. The van der Waals surface area contributed by atoms with Crippen LogP contribution in [0.4, 0.5) is 5.69 Å². The Balaban J connectivity index is 1.90. The molecule has 0 fully saturated rings. The number of carbonyl (C=O) groups excluding carboxylic acids is 2. The minimum absolute atomic E-state index is 0.0398. The monoisotopic (exact) mass is 723 g/mol. The van der Waals surface area contributed by atoms with Gasteiger partial charge in [0.15, 0.2) is 11.5 Å². The molecule has 4 aromatic rings. The lowest BCUT2D eigenvalue weighted by Gasteiger charge is -2.34. The van der Waals surface area contributed by atoms with E-state index < -0.39 is 34.4 Å². The molecule has 0 saturated carbocycles. The average Bonchev–Trinajstić information content (AvgIpc) is 3.11. The summed E-state index contributed by atoms with van der Waals surface area (Å²) < 4.78 is 52.0. The quantitative estimate of drug-likeness (QED) is 0.156. The van der Waals surface area contributed by atoms with Gasteiger partial charge in [-0.25, -0.2) is 8.42 Å². The molecule has 11 nitrogen and oxygen atoms in total. The largest absolute Gasteiger partial charge is 0.497 e. The molecule has 50 heavy (non-hydrogen) atoms. The van der Waals surface area contributed by atoms with E-state index in [1.807, 2.05) is 44.2 Å². The van der Waals surface area contributed by atoms with Crippen molar-refractivity contribution in [2.45, 2.75) is 43.8 Å². The van der Waals surface area contributed by atoms with Crippen LogP contribution in [-0.4, -0.2) is 72.2 Å². The molecule has 1 atom stereocenters. The Kier molecular flexibility index (Phi) is 13.0. The van der Waals surface area contributed by atoms with E-state index >= 15 is 0 Å². The Morgan fingerprint density at radius 1 is 0.760 bits per heavy atom. The molecule has 0 bridgehead atoms. The molecular weight excluding hydrogens is 682 g/mol. The Morgan fingerprint density at radius 2 is 1.42 bits per heavy atom. The lowest BCUT2D eigenvalue weighted by atomic mass is 10.0. The van der Waals surface area contributed by atoms with Crippen LogP contribution in [0.25, 0.3) is 0 Å². The van der Waals surface area contributed by atoms with Crippen LogP contribution in [0.15, 0.2) is 95.9 Å². The van der Waals surface area contributed by atoms with Crippen LogP contribution >= 0.6 is 11.6 Å². The second-order valence-corrected chi connectivity index (χ2v) is 13.9. The molecule has 0 heterocycles. The van der Waals surface area contributed by atoms with E-state index in [4.69, 9.17) is 30.5 Å². The third-order valence-electron chi connectivity index (χ3n) is 7.82. The molecule has 4 rings (SSSR count). The van der Waals surface area contributed by atoms with Crippen LogP contribution < -0.4 is 28.6 Å². The van der Waals surface area contributed by atoms with E-state index in [2.05, 4.69) is 5.32 Å². The van der Waals surface area contributed by atoms with Gasteiger partial charge in [-0.1, -0.05) is 54.1 Å². The molecule has 0 aliphatic heterocycles. The van der Waals surface area contributed by atoms with E-state index in [9.17, 15) is 18.0 Å². The highest BCUT2D eigenvalue weighted by Crippen LogP contribution is 2.38. The third-order valence-corrected chi connectivity index (χ3v) is 9.81. The van der Waals surface area contributed by atoms with Crippen molar-refractivity contribution in [1.29, 1.82) is 0 Å². The van der Waals surface area contributed by atoms with Gasteiger partial charge in [0.25, 0.3) is 10.0 Å². The average molecular weight is 724 g/mol. The van der Waals surface area contributed by atoms with Crippen LogP contribution in [-0.2, 0) is 32.6 Å². The summed E-state index contributed by atoms with van der Waals surface area (Å²) in [6, 6.07) is 23.8. The molecule has 266 valence electrons. The van der Waals surface area contributed by atoms with Crippen molar-refractivity contribution in [3.8, 4) is 23.0 Å². The standard InChI is InChI=1S/C37H42ClN3O8S/c1-25(2)39-37(43)32(20-26-11-8-7-9-12-26)40(23-27-13-10-14-28(38)19-27)36(42)24-41(31-21-29(46-3)15-17-33(31)47-4)50(44,45)30-16-18-34(48-5)35(22-30)49-6/h7-19,21-22,25,32H,20,23-24H2,1-6H3,(H,39,43)/t32-/m1/s1. The van der Waals surface area contributed by atoms with E-state index in [1.165, 1.54) is 57.6 Å². The van der Waals surface area contributed by atoms with Crippen molar-refractivity contribution < 1.29 is 37.0 Å². The summed E-state index contributed by atoms with van der Waals surface area (Å²) >= 11 is 6.33. The molecule has 2 amide bonds. The van der Waals surface area contributed by atoms with E-state index in [0.717, 1.165) is 9.87 Å². The number of ether oxygens (including phenoxy) is 4. The normalized spacial score (nSPS) is 11.8. The number of hydrogen-bond acceptors (Lipinski definition) is 8. The highest BCUT2D eigenvalue weighted by atomic mass is 35.5. The zero-order valence-electron chi connectivity index (χ0n) is 28.9. The van der Waals surface area contributed by atoms with Gasteiger partial charge in [-0.2, -0.15) is 0 Å². The molecule has 4 aromatic carbocycles. The van der Waals surface area contributed by atoms with Gasteiger partial charge in [-0.15, -0.1) is 0 Å². The Bertz CT molecular complexity index is 1890. The summed E-state index contributed by atoms with van der Waals surface area (Å²) in [6.45, 7) is 2.91. The number of amides is 2. The first kappa shape index (κ1) is 37.9. The summed E-state index contributed by atoms with van der Waals surface area (Å²) in [5.74, 6) is -0.0579. The van der Waals surface area contributed by atoms with Gasteiger partial charge in [-0.3, -0.25) is 13.9 Å². The van der Waals surface area contributed by atoms with Crippen molar-refractivity contribution in [1.82, 2.24) is 10.2 Å². The van der Waals surface area contributed by atoms with E-state index in [1.54, 1.807) is 36.4 Å². The number of hydrogen-bond donors (Lipinski definition) is 1. The second kappa shape index (κ2) is 17.1. The smallest absolute Gasteiger partial charge is 0.265 e. The molecule has 0 aliphatic carbocycles. The van der Waals surface area contributed by atoms with Crippen LogP contribution in [0.5, 0.6) is 23.0 Å². The van der Waals surface area contributed by atoms with E-state index in [-0.39, 0.29) is 41.1 Å². The maximum atomic E-state index is 14.8. The summed E-state index contributed by atoms with van der Waals surface area (Å²) in [7, 11) is 1.16. The molecule has 0 saturated heterocycles. The van der Waals surface area contributed by atoms with Gasteiger partial charge in [0.1, 0.15) is 24.1 Å². The van der Waals surface area contributed by atoms with Crippen molar-refractivity contribution in [3.05, 3.63) is 107 Å². The molecule has 0 aromatic heterocycles. The molecule has 0 spiro atoms.